The Morgan fingerprint density at radius 1 is 1.07 bits per heavy atom. The highest BCUT2D eigenvalue weighted by atomic mass is 32.2. The largest absolute Gasteiger partial charge is 0.372 e. The van der Waals surface area contributed by atoms with Crippen LogP contribution in [0.4, 0.5) is 5.69 Å². The van der Waals surface area contributed by atoms with Crippen LogP contribution in [0.25, 0.3) is 0 Å². The molecule has 3 aliphatic rings. The summed E-state index contributed by atoms with van der Waals surface area (Å²) in [5.41, 5.74) is 2.84. The molecule has 1 saturated heterocycles. The van der Waals surface area contributed by atoms with Gasteiger partial charge < -0.3 is 14.7 Å². The maximum atomic E-state index is 12.8. The van der Waals surface area contributed by atoms with Crippen molar-refractivity contribution < 1.29 is 13.2 Å². The standard InChI is InChI=1S/C21H26N4O3S/c1-23(15-17-5-8-19(9-6-17)24-11-3-2-4-12-24)21(26)18-7-10-20-22-29(27,28)14-13-25(20)16-18/h5-10,16H,2-4,11-15H2,1H3. The predicted molar refractivity (Wildman–Crippen MR) is 114 cm³/mol. The number of amidine groups is 1. The molecule has 29 heavy (non-hydrogen) atoms. The number of amides is 1. The second-order valence-electron chi connectivity index (χ2n) is 7.72. The van der Waals surface area contributed by atoms with Crippen LogP contribution in [-0.2, 0) is 21.4 Å². The third kappa shape index (κ3) is 4.53. The van der Waals surface area contributed by atoms with Crippen molar-refractivity contribution in [3.63, 3.8) is 0 Å². The summed E-state index contributed by atoms with van der Waals surface area (Å²) in [4.78, 5) is 18.6. The van der Waals surface area contributed by atoms with Gasteiger partial charge in [-0.05, 0) is 49.1 Å². The molecular formula is C21H26N4O3S. The highest BCUT2D eigenvalue weighted by molar-refractivity contribution is 7.90. The van der Waals surface area contributed by atoms with Gasteiger partial charge in [-0.2, -0.15) is 0 Å². The Morgan fingerprint density at radius 2 is 1.79 bits per heavy atom. The first-order chi connectivity index (χ1) is 13.9. The molecule has 1 aromatic carbocycles. The average Bonchev–Trinajstić information content (AvgIpc) is 2.73. The fraction of sp³-hybridized carbons (Fsp3) is 0.429. The van der Waals surface area contributed by atoms with Gasteiger partial charge in [-0.25, -0.2) is 8.42 Å². The van der Waals surface area contributed by atoms with E-state index >= 15 is 0 Å². The average molecular weight is 415 g/mol. The molecule has 0 radical (unpaired) electrons. The van der Waals surface area contributed by atoms with Crippen molar-refractivity contribution in [2.24, 2.45) is 4.40 Å². The lowest BCUT2D eigenvalue weighted by Crippen LogP contribution is -2.38. The van der Waals surface area contributed by atoms with Crippen LogP contribution in [0.2, 0.25) is 0 Å². The van der Waals surface area contributed by atoms with Crippen LogP contribution in [0.5, 0.6) is 0 Å². The Morgan fingerprint density at radius 3 is 2.52 bits per heavy atom. The normalized spacial score (nSPS) is 20.6. The first-order valence-corrected chi connectivity index (χ1v) is 11.6. The van der Waals surface area contributed by atoms with E-state index in [0.717, 1.165) is 18.7 Å². The number of carbonyl (C=O) groups excluding carboxylic acids is 1. The number of hydrogen-bond acceptors (Lipinski definition) is 5. The smallest absolute Gasteiger partial charge is 0.256 e. The molecule has 0 N–H and O–H groups in total. The Kier molecular flexibility index (Phi) is 5.45. The Balaban J connectivity index is 1.40. The number of rotatable bonds is 4. The van der Waals surface area contributed by atoms with Gasteiger partial charge in [-0.15, -0.1) is 4.40 Å². The lowest BCUT2D eigenvalue weighted by Gasteiger charge is -2.29. The molecule has 1 fully saturated rings. The summed E-state index contributed by atoms with van der Waals surface area (Å²) in [5, 5.41) is 0. The van der Waals surface area contributed by atoms with Crippen LogP contribution in [0, 0.1) is 0 Å². The quantitative estimate of drug-likeness (QED) is 0.755. The number of hydrogen-bond donors (Lipinski definition) is 0. The summed E-state index contributed by atoms with van der Waals surface area (Å²) < 4.78 is 27.0. The maximum absolute atomic E-state index is 12.8. The zero-order chi connectivity index (χ0) is 20.4. The lowest BCUT2D eigenvalue weighted by molar-refractivity contribution is -0.126. The number of fused-ring (bicyclic) bond motifs is 1. The lowest BCUT2D eigenvalue weighted by atomic mass is 10.1. The van der Waals surface area contributed by atoms with Crippen molar-refractivity contribution in [2.75, 3.05) is 37.3 Å². The molecule has 0 saturated carbocycles. The number of piperidine rings is 1. The minimum atomic E-state index is -3.39. The molecule has 3 heterocycles. The fourth-order valence-corrected chi connectivity index (χ4v) is 4.83. The third-order valence-corrected chi connectivity index (χ3v) is 6.66. The highest BCUT2D eigenvalue weighted by Gasteiger charge is 2.26. The van der Waals surface area contributed by atoms with E-state index in [9.17, 15) is 13.2 Å². The van der Waals surface area contributed by atoms with E-state index in [1.807, 2.05) is 0 Å². The molecule has 4 rings (SSSR count). The summed E-state index contributed by atoms with van der Waals surface area (Å²) in [5.74, 6) is 0.221. The van der Waals surface area contributed by atoms with Crippen molar-refractivity contribution in [2.45, 2.75) is 25.8 Å². The summed E-state index contributed by atoms with van der Waals surface area (Å²) in [7, 11) is -1.62. The Labute approximate surface area is 172 Å². The van der Waals surface area contributed by atoms with Gasteiger partial charge in [0.2, 0.25) is 0 Å². The summed E-state index contributed by atoms with van der Waals surface area (Å²) in [6.07, 6.45) is 8.71. The SMILES string of the molecule is CN(Cc1ccc(N2CCCCC2)cc1)C(=O)C1=CN2CCS(=O)(=O)N=C2C=C1. The minimum Gasteiger partial charge on any atom is -0.372 e. The van der Waals surface area contributed by atoms with Gasteiger partial charge in [0.05, 0.1) is 11.3 Å². The van der Waals surface area contributed by atoms with Crippen LogP contribution < -0.4 is 4.90 Å². The summed E-state index contributed by atoms with van der Waals surface area (Å²) in [6.45, 7) is 3.05. The van der Waals surface area contributed by atoms with Gasteiger partial charge in [0.1, 0.15) is 5.84 Å². The van der Waals surface area contributed by atoms with Gasteiger partial charge in [0.25, 0.3) is 15.9 Å². The first-order valence-electron chi connectivity index (χ1n) is 10.00. The van der Waals surface area contributed by atoms with E-state index in [2.05, 4.69) is 33.6 Å². The number of sulfonamides is 1. The van der Waals surface area contributed by atoms with Crippen molar-refractivity contribution in [1.82, 2.24) is 9.80 Å². The highest BCUT2D eigenvalue weighted by Crippen LogP contribution is 2.21. The monoisotopic (exact) mass is 414 g/mol. The van der Waals surface area contributed by atoms with Crippen molar-refractivity contribution in [1.29, 1.82) is 0 Å². The molecule has 1 aromatic rings. The molecule has 0 atom stereocenters. The van der Waals surface area contributed by atoms with Gasteiger partial charge in [0.15, 0.2) is 0 Å². The molecule has 7 nitrogen and oxygen atoms in total. The zero-order valence-electron chi connectivity index (χ0n) is 16.6. The molecule has 0 spiro atoms. The second kappa shape index (κ2) is 8.02. The Hall–Kier alpha value is -2.61. The number of nitrogens with zero attached hydrogens (tertiary/aromatic N) is 4. The molecule has 3 aliphatic heterocycles. The number of anilines is 1. The molecular weight excluding hydrogens is 388 g/mol. The molecule has 0 aromatic heterocycles. The molecule has 154 valence electrons. The van der Waals surface area contributed by atoms with Crippen molar-refractivity contribution in [3.05, 3.63) is 53.8 Å². The third-order valence-electron chi connectivity index (χ3n) is 5.49. The van der Waals surface area contributed by atoms with Gasteiger partial charge >= 0.3 is 0 Å². The summed E-state index contributed by atoms with van der Waals surface area (Å²) >= 11 is 0. The van der Waals surface area contributed by atoms with E-state index in [0.29, 0.717) is 24.5 Å². The van der Waals surface area contributed by atoms with Crippen LogP contribution >= 0.6 is 0 Å². The van der Waals surface area contributed by atoms with Gasteiger partial charge in [0, 0.05) is 45.1 Å². The summed E-state index contributed by atoms with van der Waals surface area (Å²) in [6, 6.07) is 8.43. The van der Waals surface area contributed by atoms with Crippen LogP contribution in [0.1, 0.15) is 24.8 Å². The molecule has 1 amide bonds. The van der Waals surface area contributed by atoms with Crippen LogP contribution in [-0.4, -0.2) is 62.4 Å². The number of benzene rings is 1. The molecule has 0 unspecified atom stereocenters. The molecule has 8 heteroatoms. The van der Waals surface area contributed by atoms with Gasteiger partial charge in [-0.3, -0.25) is 4.79 Å². The van der Waals surface area contributed by atoms with Crippen molar-refractivity contribution in [3.8, 4) is 0 Å². The van der Waals surface area contributed by atoms with E-state index in [-0.39, 0.29) is 11.7 Å². The predicted octanol–water partition coefficient (Wildman–Crippen LogP) is 2.13. The fourth-order valence-electron chi connectivity index (χ4n) is 3.86. The van der Waals surface area contributed by atoms with Crippen LogP contribution in [0.15, 0.2) is 52.6 Å². The van der Waals surface area contributed by atoms with E-state index < -0.39 is 10.0 Å². The maximum Gasteiger partial charge on any atom is 0.256 e. The second-order valence-corrected chi connectivity index (χ2v) is 9.48. The van der Waals surface area contributed by atoms with Gasteiger partial charge in [-0.1, -0.05) is 12.1 Å². The topological polar surface area (TPSA) is 73.3 Å². The first kappa shape index (κ1) is 19.7. The molecule has 0 aliphatic carbocycles. The van der Waals surface area contributed by atoms with E-state index in [1.54, 1.807) is 35.2 Å². The minimum absolute atomic E-state index is 0.0402. The van der Waals surface area contributed by atoms with Crippen molar-refractivity contribution >= 4 is 27.5 Å². The van der Waals surface area contributed by atoms with Crippen LogP contribution in [0.3, 0.4) is 0 Å². The van der Waals surface area contributed by atoms with E-state index in [1.165, 1.54) is 24.9 Å². The zero-order valence-corrected chi connectivity index (χ0v) is 17.4. The molecule has 0 bridgehead atoms. The Bertz CT molecular complexity index is 974. The number of likely N-dealkylation sites (N-methyl/N-ethyl adjacent to an activating group) is 1. The van der Waals surface area contributed by atoms with E-state index in [4.69, 9.17) is 0 Å². The number of carbonyl (C=O) groups is 1.